The largest absolute Gasteiger partial charge is 0.383 e. The van der Waals surface area contributed by atoms with Crippen LogP contribution in [0.4, 0.5) is 4.39 Å². The molecule has 1 saturated carbocycles. The van der Waals surface area contributed by atoms with E-state index in [9.17, 15) is 14.0 Å². The summed E-state index contributed by atoms with van der Waals surface area (Å²) in [5, 5.41) is 8.31. The smallest absolute Gasteiger partial charge is 0.276 e. The molecule has 2 amide bonds. The molecule has 150 valence electrons. The summed E-state index contributed by atoms with van der Waals surface area (Å²) in [6, 6.07) is 4.94. The number of carbonyl (C=O) groups is 2. The first-order valence-electron chi connectivity index (χ1n) is 9.23. The number of hydrogen-bond acceptors (Lipinski definition) is 6. The normalized spacial score (nSPS) is 15.4. The fourth-order valence-corrected chi connectivity index (χ4v) is 3.87. The van der Waals surface area contributed by atoms with E-state index in [1.807, 2.05) is 0 Å². The lowest BCUT2D eigenvalue weighted by atomic mass is 10.0. The van der Waals surface area contributed by atoms with Crippen LogP contribution < -0.4 is 5.32 Å². The number of nitrogens with zero attached hydrogens (tertiary/aromatic N) is 3. The summed E-state index contributed by atoms with van der Waals surface area (Å²) in [5.74, 6) is -1.43. The number of ether oxygens (including phenoxy) is 1. The van der Waals surface area contributed by atoms with Gasteiger partial charge >= 0.3 is 0 Å². The Balaban J connectivity index is 1.96. The Morgan fingerprint density at radius 3 is 2.75 bits per heavy atom. The minimum atomic E-state index is -1.12. The Labute approximate surface area is 167 Å². The topological polar surface area (TPSA) is 84.4 Å². The van der Waals surface area contributed by atoms with Gasteiger partial charge in [-0.15, -0.1) is 5.10 Å². The molecule has 7 nitrogen and oxygen atoms in total. The van der Waals surface area contributed by atoms with Crippen molar-refractivity contribution in [3.05, 3.63) is 46.7 Å². The van der Waals surface area contributed by atoms with Gasteiger partial charge in [0.1, 0.15) is 11.9 Å². The first kappa shape index (κ1) is 20.3. The highest BCUT2D eigenvalue weighted by atomic mass is 32.1. The van der Waals surface area contributed by atoms with Gasteiger partial charge in [-0.3, -0.25) is 9.59 Å². The summed E-state index contributed by atoms with van der Waals surface area (Å²) in [6.07, 6.45) is 3.87. The second kappa shape index (κ2) is 9.70. The van der Waals surface area contributed by atoms with E-state index in [0.29, 0.717) is 0 Å². The number of rotatable bonds is 8. The number of methoxy groups -OCH3 is 1. The third kappa shape index (κ3) is 4.71. The second-order valence-corrected chi connectivity index (χ2v) is 7.31. The molecule has 1 unspecified atom stereocenters. The zero-order valence-corrected chi connectivity index (χ0v) is 16.5. The standard InChI is InChI=1S/C19H23FN4O3S/c1-27-11-10-24(19(26)16-12-28-23-22-16)17(14-8-4-5-9-15(14)20)18(25)21-13-6-2-3-7-13/h4-5,8-9,12-13,17H,2-3,6-7,10-11H2,1H3,(H,21,25). The quantitative estimate of drug-likeness (QED) is 0.728. The zero-order chi connectivity index (χ0) is 19.9. The Hall–Kier alpha value is -2.39. The van der Waals surface area contributed by atoms with Crippen LogP contribution in [0.3, 0.4) is 0 Å². The molecule has 2 aromatic rings. The van der Waals surface area contributed by atoms with Gasteiger partial charge in [-0.05, 0) is 30.4 Å². The van der Waals surface area contributed by atoms with Crippen LogP contribution in [0.5, 0.6) is 0 Å². The highest BCUT2D eigenvalue weighted by Crippen LogP contribution is 2.27. The van der Waals surface area contributed by atoms with Crippen LogP contribution in [0.15, 0.2) is 29.6 Å². The first-order chi connectivity index (χ1) is 13.6. The molecule has 1 N–H and O–H groups in total. The van der Waals surface area contributed by atoms with Gasteiger partial charge in [0.05, 0.1) is 6.61 Å². The van der Waals surface area contributed by atoms with Gasteiger partial charge in [0.2, 0.25) is 5.91 Å². The highest BCUT2D eigenvalue weighted by molar-refractivity contribution is 7.03. The van der Waals surface area contributed by atoms with Crippen molar-refractivity contribution in [3.8, 4) is 0 Å². The van der Waals surface area contributed by atoms with Crippen LogP contribution in [-0.2, 0) is 9.53 Å². The molecule has 1 aromatic carbocycles. The van der Waals surface area contributed by atoms with Gasteiger partial charge < -0.3 is 15.0 Å². The number of hydrogen-bond donors (Lipinski definition) is 1. The van der Waals surface area contributed by atoms with Crippen molar-refractivity contribution in [2.45, 2.75) is 37.8 Å². The highest BCUT2D eigenvalue weighted by Gasteiger charge is 2.35. The van der Waals surface area contributed by atoms with E-state index in [1.54, 1.807) is 12.1 Å². The van der Waals surface area contributed by atoms with E-state index < -0.39 is 23.7 Å². The van der Waals surface area contributed by atoms with Gasteiger partial charge in [-0.25, -0.2) is 4.39 Å². The fourth-order valence-electron chi connectivity index (χ4n) is 3.44. The minimum Gasteiger partial charge on any atom is -0.383 e. The summed E-state index contributed by atoms with van der Waals surface area (Å²) < 4.78 is 23.5. The van der Waals surface area contributed by atoms with Crippen molar-refractivity contribution in [1.82, 2.24) is 19.8 Å². The number of aromatic nitrogens is 2. The van der Waals surface area contributed by atoms with Crippen molar-refractivity contribution in [2.24, 2.45) is 0 Å². The summed E-state index contributed by atoms with van der Waals surface area (Å²) in [7, 11) is 1.50. The molecule has 1 aliphatic carbocycles. The predicted octanol–water partition coefficient (Wildman–Crippen LogP) is 2.57. The Morgan fingerprint density at radius 2 is 2.11 bits per heavy atom. The van der Waals surface area contributed by atoms with Gasteiger partial charge in [0, 0.05) is 30.6 Å². The van der Waals surface area contributed by atoms with Crippen LogP contribution in [0.25, 0.3) is 0 Å². The molecule has 28 heavy (non-hydrogen) atoms. The summed E-state index contributed by atoms with van der Waals surface area (Å²) in [5.41, 5.74) is 0.266. The van der Waals surface area contributed by atoms with Crippen molar-refractivity contribution >= 4 is 23.3 Å². The number of benzene rings is 1. The van der Waals surface area contributed by atoms with Crippen LogP contribution in [0, 0.1) is 5.82 Å². The Morgan fingerprint density at radius 1 is 1.36 bits per heavy atom. The average molecular weight is 406 g/mol. The number of amides is 2. The molecule has 3 rings (SSSR count). The molecule has 0 radical (unpaired) electrons. The van der Waals surface area contributed by atoms with E-state index in [1.165, 1.54) is 29.5 Å². The monoisotopic (exact) mass is 406 g/mol. The van der Waals surface area contributed by atoms with E-state index >= 15 is 0 Å². The number of nitrogens with one attached hydrogen (secondary N) is 1. The molecule has 9 heteroatoms. The van der Waals surface area contributed by atoms with Crippen molar-refractivity contribution in [3.63, 3.8) is 0 Å². The minimum absolute atomic E-state index is 0.0436. The molecule has 0 saturated heterocycles. The van der Waals surface area contributed by atoms with Gasteiger partial charge in [0.25, 0.3) is 5.91 Å². The predicted molar refractivity (Wildman–Crippen MR) is 102 cm³/mol. The van der Waals surface area contributed by atoms with E-state index in [4.69, 9.17) is 4.74 Å². The third-order valence-corrected chi connectivity index (χ3v) is 5.34. The maximum absolute atomic E-state index is 14.6. The molecule has 0 aliphatic heterocycles. The van der Waals surface area contributed by atoms with E-state index in [-0.39, 0.29) is 30.5 Å². The molecule has 0 bridgehead atoms. The Kier molecular flexibility index (Phi) is 7.05. The summed E-state index contributed by atoms with van der Waals surface area (Å²) in [6.45, 7) is 0.314. The molecule has 1 fully saturated rings. The molecule has 1 aromatic heterocycles. The SMILES string of the molecule is COCCN(C(=O)c1csnn1)C(C(=O)NC1CCCC1)c1ccccc1F. The molecule has 1 heterocycles. The van der Waals surface area contributed by atoms with Crippen LogP contribution in [-0.4, -0.2) is 52.6 Å². The summed E-state index contributed by atoms with van der Waals surface area (Å²) >= 11 is 1.04. The van der Waals surface area contributed by atoms with Crippen molar-refractivity contribution in [1.29, 1.82) is 0 Å². The van der Waals surface area contributed by atoms with E-state index in [0.717, 1.165) is 37.2 Å². The molecule has 0 spiro atoms. The Bertz CT molecular complexity index is 796. The molecule has 1 aliphatic rings. The molecule has 1 atom stereocenters. The number of carbonyl (C=O) groups excluding carboxylic acids is 2. The van der Waals surface area contributed by atoms with Crippen molar-refractivity contribution < 1.29 is 18.7 Å². The van der Waals surface area contributed by atoms with Gasteiger partial charge in [0.15, 0.2) is 5.69 Å². The van der Waals surface area contributed by atoms with Crippen LogP contribution >= 0.6 is 11.5 Å². The lowest BCUT2D eigenvalue weighted by Gasteiger charge is -2.31. The summed E-state index contributed by atoms with van der Waals surface area (Å²) in [4.78, 5) is 27.5. The fraction of sp³-hybridized carbons (Fsp3) is 0.474. The van der Waals surface area contributed by atoms with Crippen LogP contribution in [0.1, 0.15) is 47.8 Å². The average Bonchev–Trinajstić information content (AvgIpc) is 3.39. The van der Waals surface area contributed by atoms with E-state index in [2.05, 4.69) is 14.9 Å². The lowest BCUT2D eigenvalue weighted by Crippen LogP contribution is -2.47. The van der Waals surface area contributed by atoms with Gasteiger partial charge in [-0.1, -0.05) is 35.5 Å². The maximum Gasteiger partial charge on any atom is 0.276 e. The number of halogens is 1. The zero-order valence-electron chi connectivity index (χ0n) is 15.6. The first-order valence-corrected chi connectivity index (χ1v) is 10.1. The molecular weight excluding hydrogens is 383 g/mol. The maximum atomic E-state index is 14.6. The van der Waals surface area contributed by atoms with Gasteiger partial charge in [-0.2, -0.15) is 0 Å². The third-order valence-electron chi connectivity index (χ3n) is 4.84. The molecular formula is C19H23FN4O3S. The second-order valence-electron chi connectivity index (χ2n) is 6.70. The van der Waals surface area contributed by atoms with Crippen LogP contribution in [0.2, 0.25) is 0 Å². The lowest BCUT2D eigenvalue weighted by molar-refractivity contribution is -0.126. The van der Waals surface area contributed by atoms with Crippen molar-refractivity contribution in [2.75, 3.05) is 20.3 Å².